The number of carbonyl (C=O) groups excluding carboxylic acids is 1. The van der Waals surface area contributed by atoms with Gasteiger partial charge in [-0.25, -0.2) is 13.4 Å². The minimum atomic E-state index is -3.76. The van der Waals surface area contributed by atoms with E-state index < -0.39 is 10.0 Å². The summed E-state index contributed by atoms with van der Waals surface area (Å²) < 4.78 is 39.2. The molecule has 1 saturated heterocycles. The first-order valence-electron chi connectivity index (χ1n) is 10.2. The van der Waals surface area contributed by atoms with Crippen LogP contribution in [0.1, 0.15) is 16.7 Å². The van der Waals surface area contributed by atoms with Gasteiger partial charge in [0.1, 0.15) is 10.6 Å². The zero-order valence-corrected chi connectivity index (χ0v) is 19.8. The normalized spacial score (nSPS) is 15.1. The van der Waals surface area contributed by atoms with Crippen LogP contribution in [0, 0.1) is 13.8 Å². The average molecular weight is 476 g/mol. The van der Waals surface area contributed by atoms with E-state index in [1.807, 2.05) is 19.9 Å². The average Bonchev–Trinajstić information content (AvgIpc) is 3.16. The maximum absolute atomic E-state index is 13.1. The Bertz CT molecular complexity index is 1260. The number of fused-ring (bicyclic) bond motifs is 1. The first-order valence-corrected chi connectivity index (χ1v) is 12.5. The first kappa shape index (κ1) is 22.7. The fourth-order valence-corrected chi connectivity index (χ4v) is 6.40. The molecular weight excluding hydrogens is 450 g/mol. The fraction of sp³-hybridized carbons (Fsp3) is 0.364. The van der Waals surface area contributed by atoms with E-state index in [1.54, 1.807) is 12.1 Å². The van der Waals surface area contributed by atoms with Crippen molar-refractivity contribution in [1.29, 1.82) is 0 Å². The zero-order chi connectivity index (χ0) is 22.9. The highest BCUT2D eigenvalue weighted by Crippen LogP contribution is 2.31. The number of aromatic nitrogens is 1. The summed E-state index contributed by atoms with van der Waals surface area (Å²) in [6.07, 6.45) is 0.0174. The molecule has 10 heteroatoms. The molecule has 32 heavy (non-hydrogen) atoms. The van der Waals surface area contributed by atoms with Crippen LogP contribution in [-0.2, 0) is 26.0 Å². The highest BCUT2D eigenvalue weighted by molar-refractivity contribution is 7.89. The van der Waals surface area contributed by atoms with E-state index in [4.69, 9.17) is 9.47 Å². The second-order valence-electron chi connectivity index (χ2n) is 7.67. The number of aryl methyl sites for hydroxylation is 2. The van der Waals surface area contributed by atoms with E-state index >= 15 is 0 Å². The van der Waals surface area contributed by atoms with Crippen LogP contribution in [0.3, 0.4) is 0 Å². The predicted molar refractivity (Wildman–Crippen MR) is 124 cm³/mol. The molecule has 1 N–H and O–H groups in total. The van der Waals surface area contributed by atoms with Crippen LogP contribution in [-0.4, -0.2) is 57.0 Å². The molecule has 1 aliphatic heterocycles. The number of anilines is 1. The summed E-state index contributed by atoms with van der Waals surface area (Å²) in [4.78, 5) is 17.3. The Hall–Kier alpha value is -2.53. The van der Waals surface area contributed by atoms with E-state index in [0.717, 1.165) is 21.3 Å². The number of amides is 1. The fourth-order valence-electron chi connectivity index (χ4n) is 3.73. The Kier molecular flexibility index (Phi) is 6.47. The molecule has 0 radical (unpaired) electrons. The van der Waals surface area contributed by atoms with Gasteiger partial charge in [-0.15, -0.1) is 0 Å². The summed E-state index contributed by atoms with van der Waals surface area (Å²) in [5, 5.41) is 3.36. The van der Waals surface area contributed by atoms with Crippen molar-refractivity contribution in [2.24, 2.45) is 0 Å². The van der Waals surface area contributed by atoms with Crippen molar-refractivity contribution in [1.82, 2.24) is 9.29 Å². The topological polar surface area (TPSA) is 97.8 Å². The van der Waals surface area contributed by atoms with Gasteiger partial charge in [-0.2, -0.15) is 4.31 Å². The Morgan fingerprint density at radius 1 is 1.22 bits per heavy atom. The van der Waals surface area contributed by atoms with E-state index in [-0.39, 0.29) is 36.1 Å². The summed E-state index contributed by atoms with van der Waals surface area (Å²) in [7, 11) is -2.33. The largest absolute Gasteiger partial charge is 0.495 e. The van der Waals surface area contributed by atoms with E-state index in [9.17, 15) is 13.2 Å². The Morgan fingerprint density at radius 2 is 1.97 bits per heavy atom. The van der Waals surface area contributed by atoms with Gasteiger partial charge in [-0.1, -0.05) is 23.5 Å². The van der Waals surface area contributed by atoms with E-state index in [2.05, 4.69) is 16.4 Å². The lowest BCUT2D eigenvalue weighted by Gasteiger charge is -2.26. The maximum Gasteiger partial charge on any atom is 0.246 e. The van der Waals surface area contributed by atoms with Gasteiger partial charge in [0.05, 0.1) is 37.0 Å². The van der Waals surface area contributed by atoms with Crippen LogP contribution >= 0.6 is 11.3 Å². The third-order valence-electron chi connectivity index (χ3n) is 5.26. The lowest BCUT2D eigenvalue weighted by molar-refractivity contribution is -0.115. The van der Waals surface area contributed by atoms with Crippen molar-refractivity contribution in [2.75, 3.05) is 38.7 Å². The summed E-state index contributed by atoms with van der Waals surface area (Å²) in [5.41, 5.74) is 3.65. The Morgan fingerprint density at radius 3 is 2.69 bits per heavy atom. The van der Waals surface area contributed by atoms with Crippen molar-refractivity contribution in [3.8, 4) is 5.75 Å². The molecule has 1 aliphatic rings. The van der Waals surface area contributed by atoms with Gasteiger partial charge in [0.2, 0.25) is 15.9 Å². The number of ether oxygens (including phenoxy) is 2. The van der Waals surface area contributed by atoms with Crippen LogP contribution in [0.25, 0.3) is 10.2 Å². The summed E-state index contributed by atoms with van der Waals surface area (Å²) in [6, 6.07) is 8.89. The zero-order valence-electron chi connectivity index (χ0n) is 18.2. The molecule has 1 amide bonds. The van der Waals surface area contributed by atoms with Gasteiger partial charge in [0, 0.05) is 13.1 Å². The Labute approximate surface area is 191 Å². The van der Waals surface area contributed by atoms with Crippen molar-refractivity contribution in [3.63, 3.8) is 0 Å². The van der Waals surface area contributed by atoms with Crippen LogP contribution in [0.15, 0.2) is 35.2 Å². The number of nitrogens with zero attached hydrogens (tertiary/aromatic N) is 2. The number of carbonyl (C=O) groups is 1. The molecule has 2 heterocycles. The molecule has 3 aromatic rings. The second kappa shape index (κ2) is 9.14. The van der Waals surface area contributed by atoms with E-state index in [1.165, 1.54) is 28.8 Å². The van der Waals surface area contributed by atoms with Gasteiger partial charge in [0.25, 0.3) is 0 Å². The number of rotatable bonds is 6. The predicted octanol–water partition coefficient (Wildman–Crippen LogP) is 3.12. The monoisotopic (exact) mass is 475 g/mol. The van der Waals surface area contributed by atoms with Gasteiger partial charge in [0.15, 0.2) is 5.13 Å². The van der Waals surface area contributed by atoms with Crippen LogP contribution in [0.4, 0.5) is 5.13 Å². The quantitative estimate of drug-likeness (QED) is 0.588. The molecule has 0 atom stereocenters. The van der Waals surface area contributed by atoms with Gasteiger partial charge < -0.3 is 14.8 Å². The van der Waals surface area contributed by atoms with Crippen LogP contribution in [0.2, 0.25) is 0 Å². The molecular formula is C22H25N3O5S2. The minimum Gasteiger partial charge on any atom is -0.495 e. The molecule has 0 unspecified atom stereocenters. The van der Waals surface area contributed by atoms with Crippen molar-refractivity contribution in [3.05, 3.63) is 47.0 Å². The number of thiazole rings is 1. The van der Waals surface area contributed by atoms with Crippen molar-refractivity contribution < 1.29 is 22.7 Å². The third-order valence-corrected chi connectivity index (χ3v) is 8.09. The number of hydrogen-bond acceptors (Lipinski definition) is 7. The highest BCUT2D eigenvalue weighted by Gasteiger charge is 2.29. The molecule has 2 aromatic carbocycles. The second-order valence-corrected chi connectivity index (χ2v) is 10.6. The minimum absolute atomic E-state index is 0.0174. The number of benzene rings is 2. The summed E-state index contributed by atoms with van der Waals surface area (Å²) in [6.45, 7) is 5.29. The van der Waals surface area contributed by atoms with Crippen LogP contribution in [0.5, 0.6) is 5.75 Å². The molecule has 1 fully saturated rings. The molecule has 1 aromatic heterocycles. The standard InChI is InChI=1S/C22H25N3O5S2/c1-14-10-15(2)21-18(11-14)31-22(24-21)23-20(26)13-16-4-5-17(29-3)19(12-16)32(27,28)25-6-8-30-9-7-25/h4-5,10-12H,6-9,13H2,1-3H3,(H,23,24,26). The lowest BCUT2D eigenvalue weighted by Crippen LogP contribution is -2.40. The highest BCUT2D eigenvalue weighted by atomic mass is 32.2. The maximum atomic E-state index is 13.1. The SMILES string of the molecule is COc1ccc(CC(=O)Nc2nc3c(C)cc(C)cc3s2)cc1S(=O)(=O)N1CCOCC1. The number of nitrogens with one attached hydrogen (secondary N) is 1. The molecule has 8 nitrogen and oxygen atoms in total. The number of morpholine rings is 1. The lowest BCUT2D eigenvalue weighted by atomic mass is 10.1. The Balaban J connectivity index is 1.55. The molecule has 0 aliphatic carbocycles. The summed E-state index contributed by atoms with van der Waals surface area (Å²) >= 11 is 1.42. The molecule has 0 spiro atoms. The third kappa shape index (κ3) is 4.63. The van der Waals surface area contributed by atoms with Crippen LogP contribution < -0.4 is 10.1 Å². The molecule has 0 saturated carbocycles. The molecule has 0 bridgehead atoms. The van der Waals surface area contributed by atoms with Gasteiger partial charge >= 0.3 is 0 Å². The van der Waals surface area contributed by atoms with Gasteiger partial charge in [-0.05, 0) is 48.7 Å². The number of hydrogen-bond donors (Lipinski definition) is 1. The van der Waals surface area contributed by atoms with Crippen molar-refractivity contribution >= 4 is 42.6 Å². The van der Waals surface area contributed by atoms with E-state index in [0.29, 0.717) is 23.9 Å². The first-order chi connectivity index (χ1) is 15.3. The van der Waals surface area contributed by atoms with Gasteiger partial charge in [-0.3, -0.25) is 4.79 Å². The number of sulfonamides is 1. The molecule has 4 rings (SSSR count). The molecule has 170 valence electrons. The smallest absolute Gasteiger partial charge is 0.246 e. The summed E-state index contributed by atoms with van der Waals surface area (Å²) in [5.74, 6) is -0.0176. The van der Waals surface area contributed by atoms with Crippen molar-refractivity contribution in [2.45, 2.75) is 25.2 Å². The number of methoxy groups -OCH3 is 1.